The summed E-state index contributed by atoms with van der Waals surface area (Å²) < 4.78 is 24.8. The number of ketones is 1. The van der Waals surface area contributed by atoms with E-state index in [-0.39, 0.29) is 31.1 Å². The van der Waals surface area contributed by atoms with E-state index in [4.69, 9.17) is 0 Å². The number of amides is 1. The van der Waals surface area contributed by atoms with Crippen molar-refractivity contribution in [2.75, 3.05) is 11.0 Å². The Balaban J connectivity index is 1.82. The van der Waals surface area contributed by atoms with E-state index in [1.807, 2.05) is 6.07 Å². The molecule has 6 nitrogen and oxygen atoms in total. The second-order valence-corrected chi connectivity index (χ2v) is 7.39. The largest absolute Gasteiger partial charge is 0.352 e. The van der Waals surface area contributed by atoms with E-state index in [2.05, 4.69) is 10.0 Å². The van der Waals surface area contributed by atoms with Crippen molar-refractivity contribution < 1.29 is 18.0 Å². The summed E-state index contributed by atoms with van der Waals surface area (Å²) in [6, 6.07) is 15.6. The molecule has 0 atom stereocenters. The van der Waals surface area contributed by atoms with Gasteiger partial charge in [0.25, 0.3) is 0 Å². The van der Waals surface area contributed by atoms with E-state index in [0.29, 0.717) is 11.3 Å². The van der Waals surface area contributed by atoms with Crippen LogP contribution in [0.3, 0.4) is 0 Å². The van der Waals surface area contributed by atoms with Gasteiger partial charge in [0.1, 0.15) is 0 Å². The maximum atomic E-state index is 12.0. The second kappa shape index (κ2) is 8.43. The van der Waals surface area contributed by atoms with E-state index < -0.39 is 10.0 Å². The molecule has 132 valence electrons. The second-order valence-electron chi connectivity index (χ2n) is 5.64. The van der Waals surface area contributed by atoms with Crippen LogP contribution in [-0.4, -0.2) is 26.4 Å². The molecule has 0 saturated carbocycles. The molecular formula is C18H20N2O4S. The van der Waals surface area contributed by atoms with Crippen LogP contribution in [0.25, 0.3) is 0 Å². The molecule has 2 aromatic carbocycles. The SMILES string of the molecule is CS(=O)(=O)Nc1cccc(CNC(=O)CCC(=O)c2ccccc2)c1. The smallest absolute Gasteiger partial charge is 0.229 e. The number of hydrogen-bond acceptors (Lipinski definition) is 4. The Morgan fingerprint density at radius 2 is 1.68 bits per heavy atom. The monoisotopic (exact) mass is 360 g/mol. The molecule has 2 aromatic rings. The van der Waals surface area contributed by atoms with Crippen molar-refractivity contribution in [1.29, 1.82) is 0 Å². The number of sulfonamides is 1. The van der Waals surface area contributed by atoms with Gasteiger partial charge in [0.05, 0.1) is 6.26 Å². The molecule has 2 N–H and O–H groups in total. The van der Waals surface area contributed by atoms with E-state index in [9.17, 15) is 18.0 Å². The number of nitrogens with one attached hydrogen (secondary N) is 2. The Hall–Kier alpha value is -2.67. The highest BCUT2D eigenvalue weighted by Crippen LogP contribution is 2.12. The number of benzene rings is 2. The molecule has 0 spiro atoms. The zero-order chi connectivity index (χ0) is 18.3. The quantitative estimate of drug-likeness (QED) is 0.707. The predicted octanol–water partition coefficient (Wildman–Crippen LogP) is 2.34. The molecule has 0 aliphatic heterocycles. The fraction of sp³-hybridized carbons (Fsp3) is 0.222. The summed E-state index contributed by atoms with van der Waals surface area (Å²) in [5, 5.41) is 2.73. The Morgan fingerprint density at radius 1 is 0.960 bits per heavy atom. The average Bonchev–Trinajstić information content (AvgIpc) is 2.57. The van der Waals surface area contributed by atoms with E-state index in [0.717, 1.165) is 11.8 Å². The molecule has 7 heteroatoms. The Bertz CT molecular complexity index is 848. The van der Waals surface area contributed by atoms with Gasteiger partial charge in [-0.1, -0.05) is 42.5 Å². The van der Waals surface area contributed by atoms with Crippen molar-refractivity contribution in [3.63, 3.8) is 0 Å². The first-order valence-corrected chi connectivity index (χ1v) is 9.64. The minimum atomic E-state index is -3.34. The number of rotatable bonds is 8. The number of anilines is 1. The summed E-state index contributed by atoms with van der Waals surface area (Å²) in [4.78, 5) is 23.8. The molecule has 0 saturated heterocycles. The zero-order valence-electron chi connectivity index (χ0n) is 13.9. The van der Waals surface area contributed by atoms with Crippen LogP contribution in [0.2, 0.25) is 0 Å². The van der Waals surface area contributed by atoms with Crippen LogP contribution in [0.15, 0.2) is 54.6 Å². The van der Waals surface area contributed by atoms with Gasteiger partial charge in [-0.3, -0.25) is 14.3 Å². The molecule has 0 heterocycles. The van der Waals surface area contributed by atoms with Crippen LogP contribution >= 0.6 is 0 Å². The van der Waals surface area contributed by atoms with Gasteiger partial charge in [0.2, 0.25) is 15.9 Å². The Morgan fingerprint density at radius 3 is 2.36 bits per heavy atom. The molecule has 0 fully saturated rings. The van der Waals surface area contributed by atoms with Gasteiger partial charge in [-0.2, -0.15) is 0 Å². The maximum Gasteiger partial charge on any atom is 0.229 e. The van der Waals surface area contributed by atoms with Crippen molar-refractivity contribution >= 4 is 27.4 Å². The third-order valence-electron chi connectivity index (χ3n) is 3.39. The highest BCUT2D eigenvalue weighted by atomic mass is 32.2. The minimum absolute atomic E-state index is 0.0740. The number of hydrogen-bond donors (Lipinski definition) is 2. The van der Waals surface area contributed by atoms with Gasteiger partial charge >= 0.3 is 0 Å². The van der Waals surface area contributed by atoms with E-state index in [1.165, 1.54) is 0 Å². The molecular weight excluding hydrogens is 340 g/mol. The van der Waals surface area contributed by atoms with Gasteiger partial charge in [0.15, 0.2) is 5.78 Å². The maximum absolute atomic E-state index is 12.0. The van der Waals surface area contributed by atoms with Crippen molar-refractivity contribution in [2.24, 2.45) is 0 Å². The van der Waals surface area contributed by atoms with Gasteiger partial charge in [-0.25, -0.2) is 8.42 Å². The lowest BCUT2D eigenvalue weighted by Crippen LogP contribution is -2.23. The van der Waals surface area contributed by atoms with Gasteiger partial charge in [-0.15, -0.1) is 0 Å². The number of Topliss-reactive ketones (excluding diaryl/α,β-unsaturated/α-hetero) is 1. The standard InChI is InChI=1S/C18H20N2O4S/c1-25(23,24)20-16-9-5-6-14(12-16)13-19-18(22)11-10-17(21)15-7-3-2-4-8-15/h2-9,12,20H,10-11,13H2,1H3,(H,19,22). The lowest BCUT2D eigenvalue weighted by Gasteiger charge is -2.08. The summed E-state index contributed by atoms with van der Waals surface area (Å²) >= 11 is 0. The number of carbonyl (C=O) groups is 2. The summed E-state index contributed by atoms with van der Waals surface area (Å²) in [5.41, 5.74) is 1.79. The molecule has 0 aliphatic rings. The fourth-order valence-electron chi connectivity index (χ4n) is 2.24. The van der Waals surface area contributed by atoms with Crippen molar-refractivity contribution in [2.45, 2.75) is 19.4 Å². The first-order valence-electron chi connectivity index (χ1n) is 7.75. The normalized spacial score (nSPS) is 10.9. The molecule has 1 amide bonds. The lowest BCUT2D eigenvalue weighted by atomic mass is 10.1. The summed E-state index contributed by atoms with van der Waals surface area (Å²) in [6.07, 6.45) is 1.33. The van der Waals surface area contributed by atoms with Crippen molar-refractivity contribution in [3.8, 4) is 0 Å². The van der Waals surface area contributed by atoms with Crippen molar-refractivity contribution in [3.05, 3.63) is 65.7 Å². The van der Waals surface area contributed by atoms with Crippen LogP contribution in [0.5, 0.6) is 0 Å². The third-order valence-corrected chi connectivity index (χ3v) is 4.00. The molecule has 2 rings (SSSR count). The molecule has 0 radical (unpaired) electrons. The fourth-order valence-corrected chi connectivity index (χ4v) is 2.80. The highest BCUT2D eigenvalue weighted by molar-refractivity contribution is 7.92. The lowest BCUT2D eigenvalue weighted by molar-refractivity contribution is -0.121. The first-order chi connectivity index (χ1) is 11.8. The van der Waals surface area contributed by atoms with Gasteiger partial charge in [0, 0.05) is 30.6 Å². The molecule has 0 aliphatic carbocycles. The molecule has 0 unspecified atom stereocenters. The minimum Gasteiger partial charge on any atom is -0.352 e. The number of carbonyl (C=O) groups excluding carboxylic acids is 2. The highest BCUT2D eigenvalue weighted by Gasteiger charge is 2.09. The van der Waals surface area contributed by atoms with Crippen LogP contribution in [-0.2, 0) is 21.4 Å². The molecule has 0 aromatic heterocycles. The third kappa shape index (κ3) is 6.76. The van der Waals surface area contributed by atoms with Gasteiger partial charge < -0.3 is 5.32 Å². The Labute approximate surface area is 147 Å². The van der Waals surface area contributed by atoms with Crippen molar-refractivity contribution in [1.82, 2.24) is 5.32 Å². The molecule has 0 bridgehead atoms. The topological polar surface area (TPSA) is 92.3 Å². The summed E-state index contributed by atoms with van der Waals surface area (Å²) in [6.45, 7) is 0.262. The van der Waals surface area contributed by atoms with Crippen LogP contribution in [0.4, 0.5) is 5.69 Å². The molecule has 25 heavy (non-hydrogen) atoms. The van der Waals surface area contributed by atoms with Gasteiger partial charge in [-0.05, 0) is 17.7 Å². The first kappa shape index (κ1) is 18.7. The average molecular weight is 360 g/mol. The summed E-state index contributed by atoms with van der Waals surface area (Å²) in [7, 11) is -3.34. The van der Waals surface area contributed by atoms with Crippen LogP contribution in [0.1, 0.15) is 28.8 Å². The Kier molecular flexibility index (Phi) is 6.30. The van der Waals surface area contributed by atoms with Crippen LogP contribution < -0.4 is 10.0 Å². The van der Waals surface area contributed by atoms with Crippen LogP contribution in [0, 0.1) is 0 Å². The van der Waals surface area contributed by atoms with E-state index in [1.54, 1.807) is 48.5 Å². The predicted molar refractivity (Wildman–Crippen MR) is 96.8 cm³/mol. The van der Waals surface area contributed by atoms with E-state index >= 15 is 0 Å². The zero-order valence-corrected chi connectivity index (χ0v) is 14.7. The summed E-state index contributed by atoms with van der Waals surface area (Å²) in [5.74, 6) is -0.305.